The van der Waals surface area contributed by atoms with Crippen LogP contribution in [-0.2, 0) is 0 Å². The van der Waals surface area contributed by atoms with Gasteiger partial charge in [-0.1, -0.05) is 18.2 Å². The average Bonchev–Trinajstić information content (AvgIpc) is 3.04. The molecule has 0 spiro atoms. The lowest BCUT2D eigenvalue weighted by Crippen LogP contribution is -2.12. The highest BCUT2D eigenvalue weighted by molar-refractivity contribution is 7.99. The standard InChI is InChI=1S/C19H18N2O2S/c1-3-10-24-18-7-5-4-6-15(18)21-19(22)17-11-13-8-9-14(23-2)12-16(13)20-17/h3-9,11-12,20H,1,10H2,2H3,(H,21,22). The van der Waals surface area contributed by atoms with Gasteiger partial charge in [-0.2, -0.15) is 0 Å². The maximum atomic E-state index is 12.6. The normalized spacial score (nSPS) is 10.5. The van der Waals surface area contributed by atoms with Gasteiger partial charge < -0.3 is 15.0 Å². The number of nitrogens with one attached hydrogen (secondary N) is 2. The summed E-state index contributed by atoms with van der Waals surface area (Å²) in [7, 11) is 1.62. The molecular formula is C19H18N2O2S. The van der Waals surface area contributed by atoms with Crippen LogP contribution in [0.2, 0.25) is 0 Å². The minimum atomic E-state index is -0.170. The number of para-hydroxylation sites is 1. The number of aromatic amines is 1. The van der Waals surface area contributed by atoms with Crippen LogP contribution in [0, 0.1) is 0 Å². The molecule has 0 bridgehead atoms. The van der Waals surface area contributed by atoms with Crippen molar-refractivity contribution in [1.82, 2.24) is 4.98 Å². The van der Waals surface area contributed by atoms with Crippen LogP contribution in [0.25, 0.3) is 10.9 Å². The Balaban J connectivity index is 1.83. The highest BCUT2D eigenvalue weighted by atomic mass is 32.2. The van der Waals surface area contributed by atoms with E-state index in [9.17, 15) is 4.79 Å². The second-order valence-electron chi connectivity index (χ2n) is 5.19. The largest absolute Gasteiger partial charge is 0.497 e. The first-order chi connectivity index (χ1) is 11.7. The van der Waals surface area contributed by atoms with Crippen LogP contribution in [0.1, 0.15) is 10.5 Å². The number of hydrogen-bond acceptors (Lipinski definition) is 3. The second-order valence-corrected chi connectivity index (χ2v) is 6.25. The number of anilines is 1. The van der Waals surface area contributed by atoms with Crippen molar-refractivity contribution in [2.75, 3.05) is 18.2 Å². The maximum absolute atomic E-state index is 12.6. The monoisotopic (exact) mass is 338 g/mol. The van der Waals surface area contributed by atoms with E-state index in [1.54, 1.807) is 18.9 Å². The summed E-state index contributed by atoms with van der Waals surface area (Å²) in [4.78, 5) is 16.7. The molecule has 24 heavy (non-hydrogen) atoms. The molecule has 0 fully saturated rings. The highest BCUT2D eigenvalue weighted by Gasteiger charge is 2.12. The van der Waals surface area contributed by atoms with Crippen LogP contribution in [-0.4, -0.2) is 23.8 Å². The fourth-order valence-electron chi connectivity index (χ4n) is 2.39. The summed E-state index contributed by atoms with van der Waals surface area (Å²) in [5, 5.41) is 3.94. The Morgan fingerprint density at radius 3 is 2.92 bits per heavy atom. The predicted octanol–water partition coefficient (Wildman–Crippen LogP) is 4.71. The lowest BCUT2D eigenvalue weighted by molar-refractivity contribution is 0.102. The van der Waals surface area contributed by atoms with Crippen LogP contribution < -0.4 is 10.1 Å². The van der Waals surface area contributed by atoms with Crippen molar-refractivity contribution in [3.05, 3.63) is 66.9 Å². The lowest BCUT2D eigenvalue weighted by atomic mass is 10.2. The zero-order valence-electron chi connectivity index (χ0n) is 13.3. The van der Waals surface area contributed by atoms with E-state index in [0.717, 1.165) is 33.0 Å². The van der Waals surface area contributed by atoms with Crippen molar-refractivity contribution in [1.29, 1.82) is 0 Å². The van der Waals surface area contributed by atoms with Crippen molar-refractivity contribution in [3.63, 3.8) is 0 Å². The molecule has 0 radical (unpaired) electrons. The number of aromatic nitrogens is 1. The first-order valence-electron chi connectivity index (χ1n) is 7.52. The SMILES string of the molecule is C=CCSc1ccccc1NC(=O)c1cc2ccc(OC)cc2[nH]1. The summed E-state index contributed by atoms with van der Waals surface area (Å²) >= 11 is 1.63. The topological polar surface area (TPSA) is 54.1 Å². The molecule has 0 atom stereocenters. The quantitative estimate of drug-likeness (QED) is 0.506. The van der Waals surface area contributed by atoms with Crippen molar-refractivity contribution in [2.24, 2.45) is 0 Å². The Bertz CT molecular complexity index is 886. The molecule has 0 aliphatic rings. The van der Waals surface area contributed by atoms with E-state index in [1.165, 1.54) is 0 Å². The van der Waals surface area contributed by atoms with Crippen molar-refractivity contribution in [2.45, 2.75) is 4.90 Å². The van der Waals surface area contributed by atoms with E-state index in [-0.39, 0.29) is 5.91 Å². The van der Waals surface area contributed by atoms with Crippen LogP contribution >= 0.6 is 11.8 Å². The molecule has 5 heteroatoms. The number of benzene rings is 2. The third kappa shape index (κ3) is 3.46. The molecule has 0 saturated heterocycles. The van der Waals surface area contributed by atoms with Gasteiger partial charge >= 0.3 is 0 Å². The van der Waals surface area contributed by atoms with Gasteiger partial charge in [-0.15, -0.1) is 18.3 Å². The predicted molar refractivity (Wildman–Crippen MR) is 100 cm³/mol. The maximum Gasteiger partial charge on any atom is 0.272 e. The van der Waals surface area contributed by atoms with E-state index in [1.807, 2.05) is 54.6 Å². The summed E-state index contributed by atoms with van der Waals surface area (Å²) in [6.45, 7) is 3.73. The number of thioether (sulfide) groups is 1. The molecule has 1 heterocycles. The number of H-pyrrole nitrogens is 1. The van der Waals surface area contributed by atoms with Crippen molar-refractivity contribution < 1.29 is 9.53 Å². The number of ether oxygens (including phenoxy) is 1. The van der Waals surface area contributed by atoms with Gasteiger partial charge in [0.2, 0.25) is 0 Å². The molecule has 0 aliphatic heterocycles. The number of hydrogen-bond donors (Lipinski definition) is 2. The molecule has 2 aromatic carbocycles. The Morgan fingerprint density at radius 2 is 2.12 bits per heavy atom. The number of carbonyl (C=O) groups excluding carboxylic acids is 1. The highest BCUT2D eigenvalue weighted by Crippen LogP contribution is 2.28. The minimum absolute atomic E-state index is 0.170. The summed E-state index contributed by atoms with van der Waals surface area (Å²) < 4.78 is 5.21. The molecule has 2 N–H and O–H groups in total. The van der Waals surface area contributed by atoms with E-state index >= 15 is 0 Å². The number of amides is 1. The number of methoxy groups -OCH3 is 1. The van der Waals surface area contributed by atoms with Crippen LogP contribution in [0.15, 0.2) is 66.1 Å². The summed E-state index contributed by atoms with van der Waals surface area (Å²) in [5.41, 5.74) is 2.18. The summed E-state index contributed by atoms with van der Waals surface area (Å²) in [5.74, 6) is 1.37. The third-order valence-electron chi connectivity index (χ3n) is 3.57. The fourth-order valence-corrected chi connectivity index (χ4v) is 3.14. The molecule has 0 saturated carbocycles. The molecule has 0 unspecified atom stereocenters. The van der Waals surface area contributed by atoms with Gasteiger partial charge in [0.05, 0.1) is 12.8 Å². The first kappa shape index (κ1) is 16.2. The minimum Gasteiger partial charge on any atom is -0.497 e. The van der Waals surface area contributed by atoms with Gasteiger partial charge in [0.15, 0.2) is 0 Å². The molecule has 4 nitrogen and oxygen atoms in total. The first-order valence-corrected chi connectivity index (χ1v) is 8.50. The zero-order valence-corrected chi connectivity index (χ0v) is 14.2. The zero-order chi connectivity index (χ0) is 16.9. The Kier molecular flexibility index (Phi) is 4.91. The van der Waals surface area contributed by atoms with E-state index in [0.29, 0.717) is 5.69 Å². The molecular weight excluding hydrogens is 320 g/mol. The number of fused-ring (bicyclic) bond motifs is 1. The van der Waals surface area contributed by atoms with Gasteiger partial charge in [0.1, 0.15) is 11.4 Å². The van der Waals surface area contributed by atoms with E-state index in [4.69, 9.17) is 4.74 Å². The molecule has 1 amide bonds. The van der Waals surface area contributed by atoms with Gasteiger partial charge in [-0.25, -0.2) is 0 Å². The number of carbonyl (C=O) groups is 1. The van der Waals surface area contributed by atoms with Crippen molar-refractivity contribution >= 4 is 34.3 Å². The smallest absolute Gasteiger partial charge is 0.272 e. The number of rotatable bonds is 6. The van der Waals surface area contributed by atoms with Gasteiger partial charge in [0.25, 0.3) is 5.91 Å². The van der Waals surface area contributed by atoms with E-state index in [2.05, 4.69) is 16.9 Å². The van der Waals surface area contributed by atoms with Gasteiger partial charge in [-0.05, 0) is 30.3 Å². The van der Waals surface area contributed by atoms with Crippen molar-refractivity contribution in [3.8, 4) is 5.75 Å². The average molecular weight is 338 g/mol. The van der Waals surface area contributed by atoms with Gasteiger partial charge in [0, 0.05) is 27.6 Å². The Labute approximate surface area is 144 Å². The molecule has 122 valence electrons. The lowest BCUT2D eigenvalue weighted by Gasteiger charge is -2.09. The van der Waals surface area contributed by atoms with Crippen LogP contribution in [0.3, 0.4) is 0 Å². The van der Waals surface area contributed by atoms with E-state index < -0.39 is 0 Å². The van der Waals surface area contributed by atoms with Crippen LogP contribution in [0.4, 0.5) is 5.69 Å². The molecule has 3 rings (SSSR count). The summed E-state index contributed by atoms with van der Waals surface area (Å²) in [6, 6.07) is 15.3. The molecule has 3 aromatic rings. The summed E-state index contributed by atoms with van der Waals surface area (Å²) in [6.07, 6.45) is 1.84. The van der Waals surface area contributed by atoms with Gasteiger partial charge in [-0.3, -0.25) is 4.79 Å². The Morgan fingerprint density at radius 1 is 1.29 bits per heavy atom. The van der Waals surface area contributed by atoms with Crippen LogP contribution in [0.5, 0.6) is 5.75 Å². The Hall–Kier alpha value is -2.66. The fraction of sp³-hybridized carbons (Fsp3) is 0.105. The molecule has 0 aliphatic carbocycles. The molecule has 1 aromatic heterocycles. The third-order valence-corrected chi connectivity index (χ3v) is 4.64. The second kappa shape index (κ2) is 7.27.